The highest BCUT2D eigenvalue weighted by molar-refractivity contribution is 5.69. The predicted octanol–water partition coefficient (Wildman–Crippen LogP) is -1.18. The van der Waals surface area contributed by atoms with Gasteiger partial charge in [0.05, 0.1) is 19.5 Å². The average Bonchev–Trinajstić information content (AvgIpc) is 2.30. The van der Waals surface area contributed by atoms with Gasteiger partial charge in [0.2, 0.25) is 0 Å². The van der Waals surface area contributed by atoms with Crippen LogP contribution >= 0.6 is 0 Å². The Hall–Kier alpha value is -0.610. The molecule has 2 N–H and O–H groups in total. The van der Waals surface area contributed by atoms with Crippen molar-refractivity contribution in [3.8, 4) is 0 Å². The molecule has 1 aliphatic rings. The molecule has 14 heavy (non-hydrogen) atoms. The van der Waals surface area contributed by atoms with E-state index in [0.29, 0.717) is 19.1 Å². The van der Waals surface area contributed by atoms with Crippen molar-refractivity contribution in [2.45, 2.75) is 26.3 Å². The van der Waals surface area contributed by atoms with Gasteiger partial charge in [-0.15, -0.1) is 0 Å². The van der Waals surface area contributed by atoms with E-state index in [9.17, 15) is 4.79 Å². The topological polar surface area (TPSA) is 42.8 Å². The molecule has 0 saturated carbocycles. The smallest absolute Gasteiger partial charge is 0.311 e. The molecule has 1 heterocycles. The third-order valence-electron chi connectivity index (χ3n) is 2.43. The van der Waals surface area contributed by atoms with E-state index in [1.807, 2.05) is 0 Å². The summed E-state index contributed by atoms with van der Waals surface area (Å²) in [7, 11) is 0. The number of cyclic esters (lactones) is 1. The highest BCUT2D eigenvalue weighted by Crippen LogP contribution is 1.85. The largest absolute Gasteiger partial charge is 0.460 e. The van der Waals surface area contributed by atoms with E-state index in [1.165, 1.54) is 4.90 Å². The van der Waals surface area contributed by atoms with Crippen LogP contribution in [0.3, 0.4) is 0 Å². The summed E-state index contributed by atoms with van der Waals surface area (Å²) in [6.45, 7) is 8.82. The SMILES string of the molecule is CC(C)NCC[NH+]1CCOC(=O)CC1. The summed E-state index contributed by atoms with van der Waals surface area (Å²) in [5.41, 5.74) is 0. The number of hydrogen-bond acceptors (Lipinski definition) is 3. The number of carbonyl (C=O) groups is 1. The van der Waals surface area contributed by atoms with Crippen molar-refractivity contribution in [3.05, 3.63) is 0 Å². The Morgan fingerprint density at radius 3 is 3.00 bits per heavy atom. The van der Waals surface area contributed by atoms with Crippen LogP contribution < -0.4 is 10.2 Å². The van der Waals surface area contributed by atoms with Gasteiger partial charge in [-0.25, -0.2) is 0 Å². The van der Waals surface area contributed by atoms with Gasteiger partial charge in [0.15, 0.2) is 0 Å². The zero-order chi connectivity index (χ0) is 10.4. The van der Waals surface area contributed by atoms with E-state index in [0.717, 1.165) is 26.2 Å². The van der Waals surface area contributed by atoms with Gasteiger partial charge in [0, 0.05) is 12.6 Å². The maximum atomic E-state index is 11.0. The molecule has 0 bridgehead atoms. The van der Waals surface area contributed by atoms with Crippen LogP contribution in [0, 0.1) is 0 Å². The summed E-state index contributed by atoms with van der Waals surface area (Å²) in [5.74, 6) is -0.0446. The number of esters is 1. The first-order valence-electron chi connectivity index (χ1n) is 5.41. The van der Waals surface area contributed by atoms with Gasteiger partial charge >= 0.3 is 5.97 Å². The Morgan fingerprint density at radius 2 is 2.29 bits per heavy atom. The first-order valence-corrected chi connectivity index (χ1v) is 5.41. The van der Waals surface area contributed by atoms with E-state index in [1.54, 1.807) is 0 Å². The summed E-state index contributed by atoms with van der Waals surface area (Å²) >= 11 is 0. The molecule has 4 heteroatoms. The van der Waals surface area contributed by atoms with Gasteiger partial charge < -0.3 is 15.0 Å². The second-order valence-corrected chi connectivity index (χ2v) is 4.08. The highest BCUT2D eigenvalue weighted by Gasteiger charge is 2.16. The zero-order valence-corrected chi connectivity index (χ0v) is 9.14. The summed E-state index contributed by atoms with van der Waals surface area (Å²) in [5, 5.41) is 3.38. The average molecular weight is 201 g/mol. The molecule has 1 fully saturated rings. The Balaban J connectivity index is 2.14. The van der Waals surface area contributed by atoms with Gasteiger partial charge in [0.25, 0.3) is 0 Å². The van der Waals surface area contributed by atoms with Crippen LogP contribution in [-0.4, -0.2) is 44.8 Å². The summed E-state index contributed by atoms with van der Waals surface area (Å²) in [6.07, 6.45) is 0.566. The normalized spacial score (nSPS) is 23.4. The number of ether oxygens (including phenoxy) is 1. The quantitative estimate of drug-likeness (QED) is 0.563. The molecule has 82 valence electrons. The van der Waals surface area contributed by atoms with Crippen LogP contribution in [0.25, 0.3) is 0 Å². The van der Waals surface area contributed by atoms with Crippen molar-refractivity contribution < 1.29 is 14.4 Å². The molecule has 1 aliphatic heterocycles. The molecule has 1 rings (SSSR count). The number of rotatable bonds is 4. The fraction of sp³-hybridized carbons (Fsp3) is 0.900. The number of hydrogen-bond donors (Lipinski definition) is 2. The van der Waals surface area contributed by atoms with Gasteiger partial charge in [0.1, 0.15) is 13.2 Å². The first-order chi connectivity index (χ1) is 6.68. The number of carbonyl (C=O) groups excluding carboxylic acids is 1. The summed E-state index contributed by atoms with van der Waals surface area (Å²) in [6, 6.07) is 0.541. The standard InChI is InChI=1S/C10H20N2O2/c1-9(2)11-4-6-12-5-3-10(13)14-8-7-12/h9,11H,3-8H2,1-2H3/p+1. The molecule has 0 aliphatic carbocycles. The van der Waals surface area contributed by atoms with Crippen LogP contribution in [0.1, 0.15) is 20.3 Å². The zero-order valence-electron chi connectivity index (χ0n) is 9.14. The molecule has 0 aromatic heterocycles. The number of quaternary nitrogens is 1. The van der Waals surface area contributed by atoms with Gasteiger partial charge in [-0.1, -0.05) is 13.8 Å². The lowest BCUT2D eigenvalue weighted by Crippen LogP contribution is -3.13. The van der Waals surface area contributed by atoms with Crippen molar-refractivity contribution in [3.63, 3.8) is 0 Å². The van der Waals surface area contributed by atoms with E-state index in [-0.39, 0.29) is 5.97 Å². The Bertz CT molecular complexity index is 183. The maximum absolute atomic E-state index is 11.0. The predicted molar refractivity (Wildman–Crippen MR) is 54.3 cm³/mol. The molecule has 0 radical (unpaired) electrons. The van der Waals surface area contributed by atoms with E-state index in [2.05, 4.69) is 19.2 Å². The minimum absolute atomic E-state index is 0.0446. The van der Waals surface area contributed by atoms with Crippen LogP contribution in [0.2, 0.25) is 0 Å². The van der Waals surface area contributed by atoms with E-state index in [4.69, 9.17) is 4.74 Å². The van der Waals surface area contributed by atoms with Crippen LogP contribution in [0.4, 0.5) is 0 Å². The van der Waals surface area contributed by atoms with Crippen LogP contribution in [0.5, 0.6) is 0 Å². The summed E-state index contributed by atoms with van der Waals surface area (Å²) < 4.78 is 4.98. The minimum Gasteiger partial charge on any atom is -0.460 e. The van der Waals surface area contributed by atoms with Gasteiger partial charge in [-0.3, -0.25) is 4.79 Å². The van der Waals surface area contributed by atoms with E-state index >= 15 is 0 Å². The molecule has 1 atom stereocenters. The summed E-state index contributed by atoms with van der Waals surface area (Å²) in [4.78, 5) is 12.4. The molecule has 0 aromatic rings. The van der Waals surface area contributed by atoms with Crippen LogP contribution in [-0.2, 0) is 9.53 Å². The van der Waals surface area contributed by atoms with Crippen molar-refractivity contribution in [2.24, 2.45) is 0 Å². The molecule has 0 aromatic carbocycles. The Kier molecular flexibility index (Phi) is 4.90. The van der Waals surface area contributed by atoms with Crippen LogP contribution in [0.15, 0.2) is 0 Å². The molecule has 1 unspecified atom stereocenters. The second-order valence-electron chi connectivity index (χ2n) is 4.08. The van der Waals surface area contributed by atoms with Crippen molar-refractivity contribution in [1.29, 1.82) is 0 Å². The van der Waals surface area contributed by atoms with Crippen molar-refractivity contribution in [1.82, 2.24) is 5.32 Å². The second kappa shape index (κ2) is 5.98. The monoisotopic (exact) mass is 201 g/mol. The fourth-order valence-electron chi connectivity index (χ4n) is 1.57. The lowest BCUT2D eigenvalue weighted by Gasteiger charge is -2.16. The minimum atomic E-state index is -0.0446. The number of nitrogens with one attached hydrogen (secondary N) is 2. The lowest BCUT2D eigenvalue weighted by atomic mass is 10.3. The highest BCUT2D eigenvalue weighted by atomic mass is 16.5. The Labute approximate surface area is 85.6 Å². The van der Waals surface area contributed by atoms with Gasteiger partial charge in [-0.05, 0) is 0 Å². The van der Waals surface area contributed by atoms with Gasteiger partial charge in [-0.2, -0.15) is 0 Å². The third kappa shape index (κ3) is 4.58. The molecule has 0 spiro atoms. The van der Waals surface area contributed by atoms with E-state index < -0.39 is 0 Å². The maximum Gasteiger partial charge on any atom is 0.311 e. The fourth-order valence-corrected chi connectivity index (χ4v) is 1.57. The van der Waals surface area contributed by atoms with Crippen molar-refractivity contribution in [2.75, 3.05) is 32.8 Å². The molecular formula is C10H21N2O2+. The first kappa shape index (κ1) is 11.5. The molecule has 4 nitrogen and oxygen atoms in total. The molecule has 0 amide bonds. The molecular weight excluding hydrogens is 180 g/mol. The third-order valence-corrected chi connectivity index (χ3v) is 2.43. The lowest BCUT2D eigenvalue weighted by molar-refractivity contribution is -0.897. The van der Waals surface area contributed by atoms with Crippen molar-refractivity contribution >= 4 is 5.97 Å². The molecule has 1 saturated heterocycles. The Morgan fingerprint density at radius 1 is 1.50 bits per heavy atom.